The highest BCUT2D eigenvalue weighted by molar-refractivity contribution is 14.1. The van der Waals surface area contributed by atoms with Crippen molar-refractivity contribution in [3.05, 3.63) is 76.4 Å². The summed E-state index contributed by atoms with van der Waals surface area (Å²) in [5.74, 6) is 1.28. The van der Waals surface area contributed by atoms with Gasteiger partial charge in [-0.15, -0.1) is 0 Å². The van der Waals surface area contributed by atoms with Crippen LogP contribution in [0.25, 0.3) is 0 Å². The average molecular weight is 464 g/mol. The van der Waals surface area contributed by atoms with Crippen LogP contribution in [0.5, 0.6) is 11.5 Å². The Morgan fingerprint density at radius 3 is 1.60 bits per heavy atom. The van der Waals surface area contributed by atoms with Gasteiger partial charge in [-0.2, -0.15) is 0 Å². The van der Waals surface area contributed by atoms with Gasteiger partial charge in [0.1, 0.15) is 11.5 Å². The fourth-order valence-electron chi connectivity index (χ4n) is 2.83. The first-order valence-corrected chi connectivity index (χ1v) is 10.5. The van der Waals surface area contributed by atoms with Gasteiger partial charge in [-0.3, -0.25) is 0 Å². The van der Waals surface area contributed by atoms with Crippen molar-refractivity contribution in [2.24, 2.45) is 0 Å². The number of hydrogen-bond donors (Lipinski definition) is 0. The lowest BCUT2D eigenvalue weighted by atomic mass is 10.3. The van der Waals surface area contributed by atoms with E-state index in [0.717, 1.165) is 14.2 Å². The fraction of sp³-hybridized carbons (Fsp3) is 0.100. The molecule has 0 heterocycles. The summed E-state index contributed by atoms with van der Waals surface area (Å²) in [4.78, 5) is 0. The van der Waals surface area contributed by atoms with E-state index < -0.39 is 7.14 Å². The highest BCUT2D eigenvalue weighted by Crippen LogP contribution is 2.47. The van der Waals surface area contributed by atoms with Gasteiger partial charge >= 0.3 is 0 Å². The van der Waals surface area contributed by atoms with Crippen molar-refractivity contribution in [2.75, 3.05) is 14.2 Å². The van der Waals surface area contributed by atoms with Gasteiger partial charge in [-0.1, -0.05) is 60.7 Å². The molecule has 5 heteroatoms. The van der Waals surface area contributed by atoms with Gasteiger partial charge in [0, 0.05) is 10.6 Å². The van der Waals surface area contributed by atoms with Gasteiger partial charge in [0.25, 0.3) is 0 Å². The lowest BCUT2D eigenvalue weighted by Gasteiger charge is -2.24. The third kappa shape index (κ3) is 3.21. The van der Waals surface area contributed by atoms with Crippen LogP contribution in [0.1, 0.15) is 0 Å². The van der Waals surface area contributed by atoms with E-state index in [2.05, 4.69) is 22.6 Å². The third-order valence-corrected chi connectivity index (χ3v) is 8.66. The standard InChI is InChI=1S/C20H18IO3P/c1-23-17-13-14-18(24-2)20(19(17)21)25(22,15-9-5-3-6-10-15)16-11-7-4-8-12-16/h3-14H,1-2H3. The molecule has 0 radical (unpaired) electrons. The van der Waals surface area contributed by atoms with Crippen molar-refractivity contribution in [3.63, 3.8) is 0 Å². The molecule has 0 aromatic heterocycles. The van der Waals surface area contributed by atoms with Crippen molar-refractivity contribution in [1.29, 1.82) is 0 Å². The van der Waals surface area contributed by atoms with E-state index in [1.165, 1.54) is 0 Å². The molecule has 0 atom stereocenters. The summed E-state index contributed by atoms with van der Waals surface area (Å²) in [6, 6.07) is 22.7. The molecule has 25 heavy (non-hydrogen) atoms. The molecule has 128 valence electrons. The summed E-state index contributed by atoms with van der Waals surface area (Å²) in [7, 11) is 0.0929. The van der Waals surface area contributed by atoms with Gasteiger partial charge < -0.3 is 14.0 Å². The summed E-state index contributed by atoms with van der Waals surface area (Å²) in [5.41, 5.74) is 0. The molecule has 0 amide bonds. The van der Waals surface area contributed by atoms with Crippen LogP contribution >= 0.6 is 29.7 Å². The third-order valence-electron chi connectivity index (χ3n) is 4.04. The molecule has 0 fully saturated rings. The van der Waals surface area contributed by atoms with Crippen molar-refractivity contribution < 1.29 is 14.0 Å². The minimum absolute atomic E-state index is 0.598. The predicted octanol–water partition coefficient (Wildman–Crippen LogP) is 3.95. The number of halogens is 1. The van der Waals surface area contributed by atoms with Gasteiger partial charge in [-0.25, -0.2) is 0 Å². The van der Waals surface area contributed by atoms with Crippen LogP contribution in [-0.2, 0) is 4.57 Å². The summed E-state index contributed by atoms with van der Waals surface area (Å²) < 4.78 is 26.4. The highest BCUT2D eigenvalue weighted by atomic mass is 127. The zero-order valence-corrected chi connectivity index (χ0v) is 17.0. The average Bonchev–Trinajstić information content (AvgIpc) is 2.68. The van der Waals surface area contributed by atoms with Crippen LogP contribution in [0, 0.1) is 3.57 Å². The maximum atomic E-state index is 14.5. The first-order valence-electron chi connectivity index (χ1n) is 7.75. The molecule has 0 N–H and O–H groups in total. The molecule has 0 spiro atoms. The van der Waals surface area contributed by atoms with Crippen LogP contribution in [0.4, 0.5) is 0 Å². The largest absolute Gasteiger partial charge is 0.496 e. The van der Waals surface area contributed by atoms with E-state index >= 15 is 0 Å². The van der Waals surface area contributed by atoms with Gasteiger partial charge in [0.05, 0.1) is 23.1 Å². The second kappa shape index (κ2) is 7.63. The predicted molar refractivity (Wildman–Crippen MR) is 112 cm³/mol. The van der Waals surface area contributed by atoms with Crippen LogP contribution in [0.3, 0.4) is 0 Å². The zero-order chi connectivity index (χ0) is 17.9. The van der Waals surface area contributed by atoms with E-state index in [0.29, 0.717) is 16.8 Å². The van der Waals surface area contributed by atoms with E-state index in [1.807, 2.05) is 72.8 Å². The summed E-state index contributed by atoms with van der Waals surface area (Å²) in [6.45, 7) is 0. The molecular weight excluding hydrogens is 446 g/mol. The van der Waals surface area contributed by atoms with E-state index in [9.17, 15) is 4.57 Å². The molecule has 0 saturated heterocycles. The molecule has 0 aliphatic heterocycles. The van der Waals surface area contributed by atoms with E-state index in [4.69, 9.17) is 9.47 Å². The molecule has 3 aromatic rings. The van der Waals surface area contributed by atoms with Crippen molar-refractivity contribution in [2.45, 2.75) is 0 Å². The monoisotopic (exact) mass is 464 g/mol. The van der Waals surface area contributed by atoms with Crippen molar-refractivity contribution in [1.82, 2.24) is 0 Å². The Hall–Kier alpha value is -1.78. The molecule has 3 aromatic carbocycles. The molecule has 0 aliphatic carbocycles. The smallest absolute Gasteiger partial charge is 0.175 e. The lowest BCUT2D eigenvalue weighted by Crippen LogP contribution is -2.28. The zero-order valence-electron chi connectivity index (χ0n) is 14.0. The van der Waals surface area contributed by atoms with E-state index in [1.54, 1.807) is 14.2 Å². The second-order valence-corrected chi connectivity index (χ2v) is 9.19. The highest BCUT2D eigenvalue weighted by Gasteiger charge is 2.35. The Morgan fingerprint density at radius 2 is 1.16 bits per heavy atom. The fourth-order valence-corrected chi connectivity index (χ4v) is 7.37. The van der Waals surface area contributed by atoms with Crippen LogP contribution < -0.4 is 25.4 Å². The Morgan fingerprint density at radius 1 is 0.720 bits per heavy atom. The SMILES string of the molecule is COc1ccc(OC)c(P(=O)(c2ccccc2)c2ccccc2)c1I. The van der Waals surface area contributed by atoms with Crippen LogP contribution in [-0.4, -0.2) is 14.2 Å². The summed E-state index contributed by atoms with van der Waals surface area (Å²) in [5, 5.41) is 2.21. The molecular formula is C20H18IO3P. The Kier molecular flexibility index (Phi) is 5.50. The number of methoxy groups -OCH3 is 2. The molecule has 0 aliphatic rings. The maximum absolute atomic E-state index is 14.5. The summed E-state index contributed by atoms with van der Waals surface area (Å²) >= 11 is 2.19. The summed E-state index contributed by atoms with van der Waals surface area (Å²) in [6.07, 6.45) is 0. The van der Waals surface area contributed by atoms with Gasteiger partial charge in [0.2, 0.25) is 0 Å². The maximum Gasteiger partial charge on any atom is 0.175 e. The first-order chi connectivity index (χ1) is 12.1. The van der Waals surface area contributed by atoms with Crippen LogP contribution in [0.2, 0.25) is 0 Å². The van der Waals surface area contributed by atoms with Gasteiger partial charge in [-0.05, 0) is 34.7 Å². The Labute approximate surface area is 161 Å². The van der Waals surface area contributed by atoms with Gasteiger partial charge in [0.15, 0.2) is 7.14 Å². The molecule has 0 bridgehead atoms. The van der Waals surface area contributed by atoms with E-state index in [-0.39, 0.29) is 0 Å². The van der Waals surface area contributed by atoms with Crippen LogP contribution in [0.15, 0.2) is 72.8 Å². The number of hydrogen-bond acceptors (Lipinski definition) is 3. The Balaban J connectivity index is 2.41. The van der Waals surface area contributed by atoms with Crippen molar-refractivity contribution in [3.8, 4) is 11.5 Å². The topological polar surface area (TPSA) is 35.5 Å². The quantitative estimate of drug-likeness (QED) is 0.424. The lowest BCUT2D eigenvalue weighted by molar-refractivity contribution is 0.403. The number of ether oxygens (including phenoxy) is 2. The molecule has 3 rings (SSSR count). The first kappa shape index (κ1) is 18.0. The molecule has 0 saturated carbocycles. The minimum atomic E-state index is -3.12. The number of benzene rings is 3. The molecule has 3 nitrogen and oxygen atoms in total. The van der Waals surface area contributed by atoms with Crippen molar-refractivity contribution >= 4 is 45.6 Å². The second-order valence-electron chi connectivity index (χ2n) is 5.41. The normalized spacial score (nSPS) is 11.2. The minimum Gasteiger partial charge on any atom is -0.496 e. The Bertz CT molecular complexity index is 867. The molecule has 0 unspecified atom stereocenters. The number of rotatable bonds is 5.